The molecule has 1 rings (SSSR count). The van der Waals surface area contributed by atoms with Crippen molar-refractivity contribution in [2.24, 2.45) is 0 Å². The maximum absolute atomic E-state index is 12.0. The van der Waals surface area contributed by atoms with Gasteiger partial charge < -0.3 is 14.9 Å². The van der Waals surface area contributed by atoms with Gasteiger partial charge in [0.15, 0.2) is 6.10 Å². The van der Waals surface area contributed by atoms with Crippen molar-refractivity contribution < 1.29 is 32.9 Å². The first-order chi connectivity index (χ1) is 7.70. The van der Waals surface area contributed by atoms with Crippen LogP contribution < -0.4 is 4.74 Å². The Morgan fingerprint density at radius 1 is 1.41 bits per heavy atom. The van der Waals surface area contributed by atoms with Crippen LogP contribution in [0.25, 0.3) is 0 Å². The van der Waals surface area contributed by atoms with Crippen molar-refractivity contribution in [3.8, 4) is 5.75 Å². The Bertz CT molecular complexity index is 433. The Labute approximate surface area is 107 Å². The third-order valence-corrected chi connectivity index (χ3v) is 2.62. The number of hydrogen-bond acceptors (Lipinski definition) is 3. The van der Waals surface area contributed by atoms with E-state index in [0.29, 0.717) is 0 Å². The van der Waals surface area contributed by atoms with Gasteiger partial charge in [-0.2, -0.15) is 0 Å². The summed E-state index contributed by atoms with van der Waals surface area (Å²) >= 11 is 1.60. The molecule has 17 heavy (non-hydrogen) atoms. The van der Waals surface area contributed by atoms with E-state index >= 15 is 0 Å². The molecule has 0 amide bonds. The molecule has 0 spiro atoms. The van der Waals surface area contributed by atoms with E-state index in [1.54, 1.807) is 22.6 Å². The van der Waals surface area contributed by atoms with Crippen LogP contribution in [0.15, 0.2) is 18.2 Å². The number of ether oxygens (including phenoxy) is 1. The average molecular weight is 362 g/mol. The molecule has 8 heteroatoms. The molecule has 0 radical (unpaired) electrons. The van der Waals surface area contributed by atoms with Crippen LogP contribution in [-0.2, 0) is 4.79 Å². The van der Waals surface area contributed by atoms with Crippen molar-refractivity contribution in [2.75, 3.05) is 0 Å². The molecule has 1 unspecified atom stereocenters. The Morgan fingerprint density at radius 2 is 2.00 bits per heavy atom. The molecule has 1 aromatic carbocycles. The van der Waals surface area contributed by atoms with Gasteiger partial charge in [0.1, 0.15) is 5.75 Å². The molecule has 0 aromatic heterocycles. The van der Waals surface area contributed by atoms with Crippen LogP contribution in [-0.4, -0.2) is 22.5 Å². The molecular formula is C9H6F3IO4. The first-order valence-electron chi connectivity index (χ1n) is 4.17. The number of carboxylic acids is 1. The molecule has 0 aliphatic carbocycles. The highest BCUT2D eigenvalue weighted by Gasteiger charge is 2.32. The smallest absolute Gasteiger partial charge is 0.479 e. The molecule has 0 aliphatic rings. The van der Waals surface area contributed by atoms with Crippen LogP contribution in [0.1, 0.15) is 11.7 Å². The van der Waals surface area contributed by atoms with Crippen LogP contribution >= 0.6 is 22.6 Å². The number of aliphatic hydroxyl groups excluding tert-OH is 1. The number of aliphatic hydroxyl groups is 1. The number of halogens is 4. The van der Waals surface area contributed by atoms with Crippen molar-refractivity contribution >= 4 is 28.6 Å². The zero-order valence-electron chi connectivity index (χ0n) is 8.03. The summed E-state index contributed by atoms with van der Waals surface area (Å²) in [5, 5.41) is 17.7. The quantitative estimate of drug-likeness (QED) is 0.810. The maximum atomic E-state index is 12.0. The lowest BCUT2D eigenvalue weighted by molar-refractivity contribution is -0.275. The Kier molecular flexibility index (Phi) is 4.20. The van der Waals surface area contributed by atoms with Crippen LogP contribution in [0.5, 0.6) is 5.75 Å². The normalized spacial score (nSPS) is 13.2. The maximum Gasteiger partial charge on any atom is 0.573 e. The molecule has 2 N–H and O–H groups in total. The van der Waals surface area contributed by atoms with Crippen LogP contribution in [0.2, 0.25) is 0 Å². The number of benzene rings is 1. The summed E-state index contributed by atoms with van der Waals surface area (Å²) in [4.78, 5) is 10.5. The first kappa shape index (κ1) is 14.0. The molecule has 0 saturated carbocycles. The van der Waals surface area contributed by atoms with Gasteiger partial charge in [-0.25, -0.2) is 4.79 Å². The molecule has 0 aliphatic heterocycles. The van der Waals surface area contributed by atoms with E-state index in [9.17, 15) is 23.1 Å². The lowest BCUT2D eigenvalue weighted by Crippen LogP contribution is -2.18. The number of alkyl halides is 3. The van der Waals surface area contributed by atoms with Gasteiger partial charge >= 0.3 is 12.3 Å². The summed E-state index contributed by atoms with van der Waals surface area (Å²) in [6.07, 6.45) is -6.75. The van der Waals surface area contributed by atoms with Crippen molar-refractivity contribution in [2.45, 2.75) is 12.5 Å². The summed E-state index contributed by atoms with van der Waals surface area (Å²) in [5.41, 5.74) is -0.183. The van der Waals surface area contributed by atoms with Gasteiger partial charge in [0, 0.05) is 0 Å². The Morgan fingerprint density at radius 3 is 2.47 bits per heavy atom. The minimum absolute atomic E-state index is 0.154. The van der Waals surface area contributed by atoms with Gasteiger partial charge in [-0.15, -0.1) is 13.2 Å². The third-order valence-electron chi connectivity index (χ3n) is 1.73. The number of hydrogen-bond donors (Lipinski definition) is 2. The van der Waals surface area contributed by atoms with Gasteiger partial charge in [-0.05, 0) is 40.3 Å². The number of carbonyl (C=O) groups is 1. The fraction of sp³-hybridized carbons (Fsp3) is 0.222. The predicted octanol–water partition coefficient (Wildman–Crippen LogP) is 2.31. The third kappa shape index (κ3) is 4.04. The summed E-state index contributed by atoms with van der Waals surface area (Å²) in [6.45, 7) is 0. The summed E-state index contributed by atoms with van der Waals surface area (Å²) in [7, 11) is 0. The number of aliphatic carboxylic acids is 1. The van der Waals surface area contributed by atoms with Gasteiger partial charge in [-0.1, -0.05) is 6.07 Å². The van der Waals surface area contributed by atoms with Crippen molar-refractivity contribution in [3.05, 3.63) is 27.3 Å². The molecule has 0 fully saturated rings. The molecule has 0 bridgehead atoms. The highest BCUT2D eigenvalue weighted by atomic mass is 127. The van der Waals surface area contributed by atoms with Gasteiger partial charge in [-0.3, -0.25) is 0 Å². The SMILES string of the molecule is O=C(O)C(O)c1ccc(I)c(OC(F)(F)F)c1. The summed E-state index contributed by atoms with van der Waals surface area (Å²) in [6, 6.07) is 3.28. The first-order valence-corrected chi connectivity index (χ1v) is 5.24. The minimum Gasteiger partial charge on any atom is -0.479 e. The van der Waals surface area contributed by atoms with Crippen molar-refractivity contribution in [1.29, 1.82) is 0 Å². The van der Waals surface area contributed by atoms with Crippen LogP contribution in [0.3, 0.4) is 0 Å². The Hall–Kier alpha value is -1.03. The zero-order valence-corrected chi connectivity index (χ0v) is 10.2. The van der Waals surface area contributed by atoms with Crippen LogP contribution in [0, 0.1) is 3.57 Å². The fourth-order valence-corrected chi connectivity index (χ4v) is 1.48. The second kappa shape index (κ2) is 5.08. The molecule has 94 valence electrons. The van der Waals surface area contributed by atoms with Crippen LogP contribution in [0.4, 0.5) is 13.2 Å². The molecule has 0 heterocycles. The van der Waals surface area contributed by atoms with E-state index in [1.165, 1.54) is 12.1 Å². The molecule has 4 nitrogen and oxygen atoms in total. The van der Waals surface area contributed by atoms with E-state index in [2.05, 4.69) is 4.74 Å². The largest absolute Gasteiger partial charge is 0.573 e. The van der Waals surface area contributed by atoms with Crippen molar-refractivity contribution in [3.63, 3.8) is 0 Å². The number of carboxylic acid groups (broad SMARTS) is 1. The second-order valence-corrected chi connectivity index (χ2v) is 4.14. The summed E-state index contributed by atoms with van der Waals surface area (Å²) < 4.78 is 39.9. The number of rotatable bonds is 3. The molecule has 1 aromatic rings. The average Bonchev–Trinajstić information content (AvgIpc) is 2.18. The topological polar surface area (TPSA) is 66.8 Å². The zero-order chi connectivity index (χ0) is 13.2. The van der Waals surface area contributed by atoms with E-state index in [1.807, 2.05) is 0 Å². The van der Waals surface area contributed by atoms with Gasteiger partial charge in [0.05, 0.1) is 3.57 Å². The van der Waals surface area contributed by atoms with E-state index < -0.39 is 24.2 Å². The highest BCUT2D eigenvalue weighted by molar-refractivity contribution is 14.1. The predicted molar refractivity (Wildman–Crippen MR) is 58.4 cm³/mol. The molecular weight excluding hydrogens is 356 g/mol. The standard InChI is InChI=1S/C9H6F3IO4/c10-9(11,12)17-6-3-4(1-2-5(6)13)7(14)8(15)16/h1-3,7,14H,(H,15,16). The summed E-state index contributed by atoms with van der Waals surface area (Å²) in [5.74, 6) is -2.10. The highest BCUT2D eigenvalue weighted by Crippen LogP contribution is 2.30. The van der Waals surface area contributed by atoms with Gasteiger partial charge in [0.25, 0.3) is 0 Å². The van der Waals surface area contributed by atoms with Crippen molar-refractivity contribution in [1.82, 2.24) is 0 Å². The van der Waals surface area contributed by atoms with E-state index in [4.69, 9.17) is 5.11 Å². The van der Waals surface area contributed by atoms with E-state index in [0.717, 1.165) is 6.07 Å². The molecule has 0 saturated heterocycles. The Balaban J connectivity index is 3.06. The second-order valence-electron chi connectivity index (χ2n) is 2.98. The fourth-order valence-electron chi connectivity index (χ4n) is 1.04. The lowest BCUT2D eigenvalue weighted by atomic mass is 10.1. The monoisotopic (exact) mass is 362 g/mol. The molecule has 1 atom stereocenters. The minimum atomic E-state index is -4.87. The van der Waals surface area contributed by atoms with E-state index in [-0.39, 0.29) is 9.13 Å². The lowest BCUT2D eigenvalue weighted by Gasteiger charge is -2.13. The van der Waals surface area contributed by atoms with Gasteiger partial charge in [0.2, 0.25) is 0 Å².